The third-order valence-electron chi connectivity index (χ3n) is 3.86. The van der Waals surface area contributed by atoms with Gasteiger partial charge in [-0.1, -0.05) is 43.9 Å². The van der Waals surface area contributed by atoms with Crippen LogP contribution in [0.5, 0.6) is 0 Å². The molecule has 1 fully saturated rings. The van der Waals surface area contributed by atoms with Crippen molar-refractivity contribution >= 4 is 16.6 Å². The van der Waals surface area contributed by atoms with Crippen molar-refractivity contribution in [2.24, 2.45) is 0 Å². The smallest absolute Gasteiger partial charge is 0.0722 e. The number of fused-ring (bicyclic) bond motifs is 1. The summed E-state index contributed by atoms with van der Waals surface area (Å²) >= 11 is 0. The highest BCUT2D eigenvalue weighted by atomic mass is 14.9. The van der Waals surface area contributed by atoms with E-state index in [9.17, 15) is 0 Å². The molecule has 2 heteroatoms. The summed E-state index contributed by atoms with van der Waals surface area (Å²) in [5.74, 6) is 0. The van der Waals surface area contributed by atoms with E-state index in [1.54, 1.807) is 0 Å². The van der Waals surface area contributed by atoms with Gasteiger partial charge in [0.2, 0.25) is 0 Å². The Bertz CT molecular complexity index is 508. The minimum Gasteiger partial charge on any atom is -0.382 e. The maximum absolute atomic E-state index is 4.41. The predicted molar refractivity (Wildman–Crippen MR) is 76.9 cm³/mol. The van der Waals surface area contributed by atoms with Gasteiger partial charge in [-0.3, -0.25) is 4.98 Å². The van der Waals surface area contributed by atoms with E-state index >= 15 is 0 Å². The number of hydrogen-bond acceptors (Lipinski definition) is 2. The average Bonchev–Trinajstić information content (AvgIpc) is 2.68. The fraction of sp³-hybridized carbons (Fsp3) is 0.438. The van der Waals surface area contributed by atoms with Gasteiger partial charge in [-0.15, -0.1) is 0 Å². The lowest BCUT2D eigenvalue weighted by atomic mass is 10.1. The van der Waals surface area contributed by atoms with Crippen molar-refractivity contribution in [1.29, 1.82) is 0 Å². The molecule has 0 aliphatic heterocycles. The zero-order valence-corrected chi connectivity index (χ0v) is 10.7. The number of para-hydroxylation sites is 1. The average molecular weight is 240 g/mol. The molecule has 1 N–H and O–H groups in total. The first-order valence-electron chi connectivity index (χ1n) is 7.04. The Morgan fingerprint density at radius 1 is 0.944 bits per heavy atom. The van der Waals surface area contributed by atoms with Crippen molar-refractivity contribution in [2.75, 3.05) is 5.32 Å². The number of aromatic nitrogens is 1. The summed E-state index contributed by atoms with van der Waals surface area (Å²) in [5.41, 5.74) is 2.32. The second kappa shape index (κ2) is 5.38. The molecule has 0 atom stereocenters. The van der Waals surface area contributed by atoms with Crippen LogP contribution in [0.1, 0.15) is 38.5 Å². The Kier molecular flexibility index (Phi) is 3.44. The number of pyridine rings is 1. The molecule has 0 bridgehead atoms. The van der Waals surface area contributed by atoms with E-state index < -0.39 is 0 Å². The van der Waals surface area contributed by atoms with Crippen molar-refractivity contribution in [3.8, 4) is 0 Å². The van der Waals surface area contributed by atoms with Crippen LogP contribution >= 0.6 is 0 Å². The maximum Gasteiger partial charge on any atom is 0.0722 e. The van der Waals surface area contributed by atoms with E-state index in [1.165, 1.54) is 49.6 Å². The van der Waals surface area contributed by atoms with Gasteiger partial charge < -0.3 is 5.32 Å². The SMILES string of the molecule is c1ccc2c(NC3CCCCCC3)ccnc2c1. The summed E-state index contributed by atoms with van der Waals surface area (Å²) in [6, 6.07) is 11.1. The molecule has 1 aromatic heterocycles. The molecule has 1 aliphatic carbocycles. The summed E-state index contributed by atoms with van der Waals surface area (Å²) in [6.45, 7) is 0. The van der Waals surface area contributed by atoms with Crippen molar-refractivity contribution < 1.29 is 0 Å². The Hall–Kier alpha value is -1.57. The first-order valence-corrected chi connectivity index (χ1v) is 7.04. The molecular weight excluding hydrogens is 220 g/mol. The van der Waals surface area contributed by atoms with Crippen LogP contribution in [-0.2, 0) is 0 Å². The number of rotatable bonds is 2. The predicted octanol–water partition coefficient (Wildman–Crippen LogP) is 4.37. The van der Waals surface area contributed by atoms with Gasteiger partial charge in [-0.2, -0.15) is 0 Å². The second-order valence-electron chi connectivity index (χ2n) is 5.21. The molecule has 1 saturated carbocycles. The van der Waals surface area contributed by atoms with Crippen LogP contribution in [-0.4, -0.2) is 11.0 Å². The monoisotopic (exact) mass is 240 g/mol. The number of nitrogens with one attached hydrogen (secondary N) is 1. The molecule has 94 valence electrons. The number of anilines is 1. The van der Waals surface area contributed by atoms with Crippen LogP contribution in [0.15, 0.2) is 36.5 Å². The largest absolute Gasteiger partial charge is 0.382 e. The van der Waals surface area contributed by atoms with Crippen molar-refractivity contribution in [3.05, 3.63) is 36.5 Å². The quantitative estimate of drug-likeness (QED) is 0.788. The van der Waals surface area contributed by atoms with E-state index in [1.807, 2.05) is 12.3 Å². The Morgan fingerprint density at radius 3 is 2.56 bits per heavy atom. The molecule has 0 amide bonds. The number of benzene rings is 1. The van der Waals surface area contributed by atoms with Crippen molar-refractivity contribution in [3.63, 3.8) is 0 Å². The van der Waals surface area contributed by atoms with E-state index in [0.29, 0.717) is 6.04 Å². The van der Waals surface area contributed by atoms with Crippen LogP contribution in [0.3, 0.4) is 0 Å². The molecular formula is C16H20N2. The highest BCUT2D eigenvalue weighted by Crippen LogP contribution is 2.25. The van der Waals surface area contributed by atoms with Crippen molar-refractivity contribution in [2.45, 2.75) is 44.6 Å². The zero-order valence-electron chi connectivity index (χ0n) is 10.7. The molecule has 1 aromatic carbocycles. The minimum absolute atomic E-state index is 0.637. The first-order chi connectivity index (χ1) is 8.93. The lowest BCUT2D eigenvalue weighted by Crippen LogP contribution is -2.18. The third kappa shape index (κ3) is 2.47. The standard InChI is InChI=1S/C16H20N2/c1-2-4-8-13(7-3-1)18-16-11-12-17-15-10-6-5-9-14(15)16/h5-6,9-13H,1-4,7-8H2,(H,17,18). The highest BCUT2D eigenvalue weighted by molar-refractivity contribution is 5.90. The summed E-state index contributed by atoms with van der Waals surface area (Å²) in [4.78, 5) is 4.41. The van der Waals surface area contributed by atoms with Crippen LogP contribution in [0.25, 0.3) is 10.9 Å². The lowest BCUT2D eigenvalue weighted by Gasteiger charge is -2.18. The Labute approximate surface area is 108 Å². The summed E-state index contributed by atoms with van der Waals surface area (Å²) in [6.07, 6.45) is 10.0. The van der Waals surface area contributed by atoms with Gasteiger partial charge in [0, 0.05) is 23.3 Å². The van der Waals surface area contributed by atoms with Gasteiger partial charge in [0.25, 0.3) is 0 Å². The molecule has 18 heavy (non-hydrogen) atoms. The minimum atomic E-state index is 0.637. The second-order valence-corrected chi connectivity index (χ2v) is 5.21. The molecule has 0 spiro atoms. The molecule has 3 rings (SSSR count). The number of hydrogen-bond donors (Lipinski definition) is 1. The molecule has 2 aromatic rings. The fourth-order valence-corrected chi connectivity index (χ4v) is 2.87. The molecule has 2 nitrogen and oxygen atoms in total. The topological polar surface area (TPSA) is 24.9 Å². The molecule has 0 unspecified atom stereocenters. The van der Waals surface area contributed by atoms with E-state index in [2.05, 4.69) is 34.6 Å². The third-order valence-corrected chi connectivity index (χ3v) is 3.86. The molecule has 0 radical (unpaired) electrons. The first kappa shape index (κ1) is 11.5. The van der Waals surface area contributed by atoms with Gasteiger partial charge >= 0.3 is 0 Å². The zero-order chi connectivity index (χ0) is 12.2. The van der Waals surface area contributed by atoms with Gasteiger partial charge in [-0.05, 0) is 25.0 Å². The summed E-state index contributed by atoms with van der Waals surface area (Å²) < 4.78 is 0. The Morgan fingerprint density at radius 2 is 1.72 bits per heavy atom. The normalized spacial score (nSPS) is 17.6. The molecule has 0 saturated heterocycles. The maximum atomic E-state index is 4.41. The highest BCUT2D eigenvalue weighted by Gasteiger charge is 2.12. The summed E-state index contributed by atoms with van der Waals surface area (Å²) in [7, 11) is 0. The van der Waals surface area contributed by atoms with Crippen LogP contribution in [0.4, 0.5) is 5.69 Å². The van der Waals surface area contributed by atoms with Crippen LogP contribution < -0.4 is 5.32 Å². The molecule has 1 heterocycles. The van der Waals surface area contributed by atoms with E-state index in [4.69, 9.17) is 0 Å². The van der Waals surface area contributed by atoms with E-state index in [0.717, 1.165) is 5.52 Å². The molecule has 1 aliphatic rings. The lowest BCUT2D eigenvalue weighted by molar-refractivity contribution is 0.620. The van der Waals surface area contributed by atoms with E-state index in [-0.39, 0.29) is 0 Å². The van der Waals surface area contributed by atoms with Gasteiger partial charge in [0.1, 0.15) is 0 Å². The Balaban J connectivity index is 1.85. The van der Waals surface area contributed by atoms with Crippen LogP contribution in [0.2, 0.25) is 0 Å². The number of nitrogens with zero attached hydrogens (tertiary/aromatic N) is 1. The summed E-state index contributed by atoms with van der Waals surface area (Å²) in [5, 5.41) is 4.96. The van der Waals surface area contributed by atoms with Crippen LogP contribution in [0, 0.1) is 0 Å². The van der Waals surface area contributed by atoms with Gasteiger partial charge in [-0.25, -0.2) is 0 Å². The van der Waals surface area contributed by atoms with Gasteiger partial charge in [0.05, 0.1) is 5.52 Å². The van der Waals surface area contributed by atoms with Crippen molar-refractivity contribution in [1.82, 2.24) is 4.98 Å². The van der Waals surface area contributed by atoms with Gasteiger partial charge in [0.15, 0.2) is 0 Å². The fourth-order valence-electron chi connectivity index (χ4n) is 2.87.